The summed E-state index contributed by atoms with van der Waals surface area (Å²) in [6, 6.07) is 0.247. The number of likely N-dealkylation sites (N-methyl/N-ethyl adjacent to an activating group) is 1. The molecule has 0 spiro atoms. The van der Waals surface area contributed by atoms with E-state index in [4.69, 9.17) is 4.74 Å². The zero-order chi connectivity index (χ0) is 15.2. The minimum absolute atomic E-state index is 0.0597. The molecule has 1 unspecified atom stereocenters. The number of nitrogens with zero attached hydrogens (tertiary/aromatic N) is 2. The summed E-state index contributed by atoms with van der Waals surface area (Å²) in [6.45, 7) is 8.18. The highest BCUT2D eigenvalue weighted by atomic mass is 16.5. The first kappa shape index (κ1) is 14.6. The monoisotopic (exact) mass is 291 g/mol. The number of carbonyl (C=O) groups is 1. The highest BCUT2D eigenvalue weighted by Crippen LogP contribution is 2.37. The van der Waals surface area contributed by atoms with E-state index in [9.17, 15) is 4.79 Å². The lowest BCUT2D eigenvalue weighted by atomic mass is 9.91. The zero-order valence-corrected chi connectivity index (χ0v) is 13.7. The Kier molecular flexibility index (Phi) is 3.58. The number of carbonyl (C=O) groups excluding carboxylic acids is 1. The second-order valence-corrected chi connectivity index (χ2v) is 7.38. The Bertz CT molecular complexity index is 513. The van der Waals surface area contributed by atoms with Crippen LogP contribution in [-0.2, 0) is 9.53 Å². The zero-order valence-electron chi connectivity index (χ0n) is 13.7. The molecule has 0 radical (unpaired) electrons. The van der Waals surface area contributed by atoms with Gasteiger partial charge in [0.15, 0.2) is 0 Å². The molecular weight excluding hydrogens is 264 g/mol. The fourth-order valence-electron chi connectivity index (χ4n) is 3.83. The van der Waals surface area contributed by atoms with Crippen LogP contribution in [0.4, 0.5) is 0 Å². The van der Waals surface area contributed by atoms with Crippen molar-refractivity contribution in [1.82, 2.24) is 4.90 Å². The van der Waals surface area contributed by atoms with Crippen LogP contribution in [0.25, 0.3) is 0 Å². The Morgan fingerprint density at radius 3 is 2.62 bits per heavy atom. The van der Waals surface area contributed by atoms with E-state index in [0.29, 0.717) is 12.5 Å². The maximum absolute atomic E-state index is 12.2. The second-order valence-electron chi connectivity index (χ2n) is 7.38. The van der Waals surface area contributed by atoms with E-state index in [2.05, 4.69) is 43.6 Å². The van der Waals surface area contributed by atoms with Crippen molar-refractivity contribution in [3.05, 3.63) is 11.1 Å². The van der Waals surface area contributed by atoms with Crippen molar-refractivity contribution in [2.75, 3.05) is 20.2 Å². The van der Waals surface area contributed by atoms with Gasteiger partial charge in [-0.05, 0) is 39.5 Å². The van der Waals surface area contributed by atoms with Crippen molar-refractivity contribution in [3.8, 4) is 0 Å². The van der Waals surface area contributed by atoms with Gasteiger partial charge in [-0.3, -0.25) is 9.48 Å². The fourth-order valence-corrected chi connectivity index (χ4v) is 3.83. The molecule has 1 atom stereocenters. The number of hydrogen-bond acceptors (Lipinski definition) is 3. The highest BCUT2D eigenvalue weighted by molar-refractivity contribution is 5.92. The lowest BCUT2D eigenvalue weighted by molar-refractivity contribution is -0.546. The highest BCUT2D eigenvalue weighted by Gasteiger charge is 2.42. The molecule has 1 aliphatic carbocycles. The van der Waals surface area contributed by atoms with Gasteiger partial charge < -0.3 is 4.74 Å². The molecule has 0 aromatic rings. The summed E-state index contributed by atoms with van der Waals surface area (Å²) in [5, 5.41) is 0. The van der Waals surface area contributed by atoms with Gasteiger partial charge in [-0.1, -0.05) is 12.8 Å². The summed E-state index contributed by atoms with van der Waals surface area (Å²) in [4.78, 5) is 14.4. The van der Waals surface area contributed by atoms with Crippen LogP contribution >= 0.6 is 0 Å². The lowest BCUT2D eigenvalue weighted by Gasteiger charge is -2.21. The minimum Gasteiger partial charge on any atom is -0.458 e. The molecule has 0 amide bonds. The molecule has 3 rings (SSSR count). The standard InChI is InChI=1S/C17H27N2O2/c1-12(19-10-17(2,3)18(4)11-19)14-9-21-16(20)15(14)13-7-5-6-8-13/h11-13H,5-10H2,1-4H3/q+1. The first-order chi connectivity index (χ1) is 9.90. The van der Waals surface area contributed by atoms with E-state index in [-0.39, 0.29) is 17.6 Å². The van der Waals surface area contributed by atoms with Gasteiger partial charge in [0.2, 0.25) is 6.34 Å². The first-order valence-electron chi connectivity index (χ1n) is 8.14. The molecule has 1 saturated carbocycles. The molecule has 116 valence electrons. The minimum atomic E-state index is -0.0597. The van der Waals surface area contributed by atoms with Crippen LogP contribution in [0.5, 0.6) is 0 Å². The van der Waals surface area contributed by atoms with Crippen LogP contribution in [0.1, 0.15) is 46.5 Å². The number of hydrogen-bond donors (Lipinski definition) is 0. The van der Waals surface area contributed by atoms with Gasteiger partial charge in [0.25, 0.3) is 0 Å². The van der Waals surface area contributed by atoms with Gasteiger partial charge in [0.05, 0.1) is 7.05 Å². The Labute approximate surface area is 127 Å². The topological polar surface area (TPSA) is 32.6 Å². The average molecular weight is 291 g/mol. The summed E-state index contributed by atoms with van der Waals surface area (Å²) < 4.78 is 7.74. The molecule has 4 heteroatoms. The summed E-state index contributed by atoms with van der Waals surface area (Å²) in [6.07, 6.45) is 6.97. The van der Waals surface area contributed by atoms with Gasteiger partial charge in [-0.15, -0.1) is 0 Å². The van der Waals surface area contributed by atoms with Crippen molar-refractivity contribution >= 4 is 12.3 Å². The summed E-state index contributed by atoms with van der Waals surface area (Å²) >= 11 is 0. The van der Waals surface area contributed by atoms with E-state index in [1.54, 1.807) is 0 Å². The Hall–Kier alpha value is -1.32. The molecule has 0 N–H and O–H groups in total. The van der Waals surface area contributed by atoms with Crippen molar-refractivity contribution in [2.24, 2.45) is 5.92 Å². The van der Waals surface area contributed by atoms with Gasteiger partial charge >= 0.3 is 5.97 Å². The number of cyclic esters (lactones) is 1. The third-order valence-corrected chi connectivity index (χ3v) is 5.54. The third kappa shape index (κ3) is 2.49. The molecule has 2 heterocycles. The van der Waals surface area contributed by atoms with Crippen molar-refractivity contribution in [1.29, 1.82) is 0 Å². The van der Waals surface area contributed by atoms with Crippen LogP contribution in [-0.4, -0.2) is 53.6 Å². The summed E-state index contributed by atoms with van der Waals surface area (Å²) in [7, 11) is 2.12. The predicted octanol–water partition coefficient (Wildman–Crippen LogP) is 2.18. The first-order valence-corrected chi connectivity index (χ1v) is 8.14. The normalized spacial score (nSPS) is 27.3. The summed E-state index contributed by atoms with van der Waals surface area (Å²) in [5.74, 6) is 0.376. The molecule has 4 nitrogen and oxygen atoms in total. The largest absolute Gasteiger partial charge is 0.458 e. The van der Waals surface area contributed by atoms with Gasteiger partial charge in [0, 0.05) is 11.1 Å². The predicted molar refractivity (Wildman–Crippen MR) is 82.4 cm³/mol. The SMILES string of the molecule is CC(C1=C(C2CCCC2)C(=O)OC1)[N+]1=CN(C)C(C)(C)C1. The van der Waals surface area contributed by atoms with Crippen LogP contribution in [0, 0.1) is 5.92 Å². The van der Waals surface area contributed by atoms with Crippen LogP contribution in [0.15, 0.2) is 11.1 Å². The number of esters is 1. The van der Waals surface area contributed by atoms with E-state index < -0.39 is 0 Å². The van der Waals surface area contributed by atoms with Crippen molar-refractivity contribution in [2.45, 2.75) is 58.0 Å². The van der Waals surface area contributed by atoms with Gasteiger partial charge in [0.1, 0.15) is 24.7 Å². The molecule has 21 heavy (non-hydrogen) atoms. The number of ether oxygens (including phenoxy) is 1. The van der Waals surface area contributed by atoms with E-state index in [1.165, 1.54) is 18.4 Å². The van der Waals surface area contributed by atoms with E-state index in [1.807, 2.05) is 0 Å². The quantitative estimate of drug-likeness (QED) is 0.590. The molecular formula is C17H27N2O2+. The molecule has 1 fully saturated rings. The smallest absolute Gasteiger partial charge is 0.334 e. The number of rotatable bonds is 3. The Balaban J connectivity index is 1.87. The molecule has 0 aromatic carbocycles. The van der Waals surface area contributed by atoms with Gasteiger partial charge in [-0.25, -0.2) is 4.79 Å². The average Bonchev–Trinajstić information content (AvgIpc) is 3.09. The Morgan fingerprint density at radius 2 is 2.05 bits per heavy atom. The molecule has 0 saturated heterocycles. The Morgan fingerprint density at radius 1 is 1.38 bits per heavy atom. The van der Waals surface area contributed by atoms with Crippen LogP contribution in [0.3, 0.4) is 0 Å². The lowest BCUT2D eigenvalue weighted by Crippen LogP contribution is -2.39. The fraction of sp³-hybridized carbons (Fsp3) is 0.765. The van der Waals surface area contributed by atoms with Crippen LogP contribution in [0.2, 0.25) is 0 Å². The molecule has 3 aliphatic rings. The summed E-state index contributed by atoms with van der Waals surface area (Å²) in [5.41, 5.74) is 2.36. The van der Waals surface area contributed by atoms with Gasteiger partial charge in [-0.2, -0.15) is 0 Å². The maximum atomic E-state index is 12.2. The molecule has 0 bridgehead atoms. The molecule has 2 aliphatic heterocycles. The van der Waals surface area contributed by atoms with Crippen LogP contribution < -0.4 is 0 Å². The maximum Gasteiger partial charge on any atom is 0.334 e. The van der Waals surface area contributed by atoms with Crippen molar-refractivity contribution in [3.63, 3.8) is 0 Å². The molecule has 0 aromatic heterocycles. The second kappa shape index (κ2) is 5.15. The third-order valence-electron chi connectivity index (χ3n) is 5.54. The van der Waals surface area contributed by atoms with Crippen molar-refractivity contribution < 1.29 is 14.1 Å². The van der Waals surface area contributed by atoms with E-state index in [0.717, 1.165) is 25.0 Å². The van der Waals surface area contributed by atoms with E-state index >= 15 is 0 Å².